The molecule has 0 atom stereocenters. The molecule has 22 heavy (non-hydrogen) atoms. The second-order valence-corrected chi connectivity index (χ2v) is 7.00. The molecule has 1 heterocycles. The smallest absolute Gasteiger partial charge is 0.241 e. The maximum absolute atomic E-state index is 12.8. The van der Waals surface area contributed by atoms with Crippen LogP contribution in [0.5, 0.6) is 0 Å². The zero-order valence-corrected chi connectivity index (χ0v) is 13.1. The van der Waals surface area contributed by atoms with Crippen LogP contribution in [0.4, 0.5) is 11.5 Å². The SMILES string of the molecule is Nc1ccc(NC(=O)C2(Sc3ccccc3)CCCC2)cn1. The van der Waals surface area contributed by atoms with Gasteiger partial charge in [0.05, 0.1) is 16.6 Å². The van der Waals surface area contributed by atoms with Gasteiger partial charge in [-0.05, 0) is 37.1 Å². The van der Waals surface area contributed by atoms with Gasteiger partial charge in [-0.15, -0.1) is 11.8 Å². The molecule has 0 bridgehead atoms. The second kappa shape index (κ2) is 6.40. The van der Waals surface area contributed by atoms with Crippen molar-refractivity contribution in [2.75, 3.05) is 11.1 Å². The highest BCUT2D eigenvalue weighted by atomic mass is 32.2. The normalized spacial score (nSPS) is 16.4. The Morgan fingerprint density at radius 2 is 1.86 bits per heavy atom. The summed E-state index contributed by atoms with van der Waals surface area (Å²) in [6, 6.07) is 13.6. The molecule has 1 fully saturated rings. The lowest BCUT2D eigenvalue weighted by molar-refractivity contribution is -0.118. The van der Waals surface area contributed by atoms with E-state index in [9.17, 15) is 4.79 Å². The quantitative estimate of drug-likeness (QED) is 0.903. The molecule has 1 aliphatic rings. The van der Waals surface area contributed by atoms with E-state index in [2.05, 4.69) is 22.4 Å². The number of nitrogens with zero attached hydrogens (tertiary/aromatic N) is 1. The van der Waals surface area contributed by atoms with Crippen molar-refractivity contribution >= 4 is 29.2 Å². The van der Waals surface area contributed by atoms with Crippen LogP contribution in [0.2, 0.25) is 0 Å². The van der Waals surface area contributed by atoms with Crippen LogP contribution in [-0.4, -0.2) is 15.6 Å². The maximum atomic E-state index is 12.8. The summed E-state index contributed by atoms with van der Waals surface area (Å²) in [5.74, 6) is 0.512. The van der Waals surface area contributed by atoms with E-state index in [1.807, 2.05) is 18.2 Å². The number of nitrogen functional groups attached to an aromatic ring is 1. The minimum atomic E-state index is -0.386. The number of anilines is 2. The zero-order valence-electron chi connectivity index (χ0n) is 12.3. The molecule has 1 aliphatic carbocycles. The lowest BCUT2D eigenvalue weighted by atomic mass is 10.1. The summed E-state index contributed by atoms with van der Waals surface area (Å²) < 4.78 is -0.386. The average molecular weight is 313 g/mol. The van der Waals surface area contributed by atoms with Crippen LogP contribution in [0.3, 0.4) is 0 Å². The first-order valence-corrected chi connectivity index (χ1v) is 8.27. The number of thioether (sulfide) groups is 1. The molecule has 0 aliphatic heterocycles. The van der Waals surface area contributed by atoms with Crippen LogP contribution in [0.1, 0.15) is 25.7 Å². The van der Waals surface area contributed by atoms with E-state index in [-0.39, 0.29) is 10.7 Å². The monoisotopic (exact) mass is 313 g/mol. The Morgan fingerprint density at radius 3 is 2.50 bits per heavy atom. The topological polar surface area (TPSA) is 68.0 Å². The minimum absolute atomic E-state index is 0.0606. The van der Waals surface area contributed by atoms with Crippen LogP contribution < -0.4 is 11.1 Å². The summed E-state index contributed by atoms with van der Waals surface area (Å²) in [4.78, 5) is 18.0. The highest BCUT2D eigenvalue weighted by Crippen LogP contribution is 2.45. The van der Waals surface area contributed by atoms with Crippen molar-refractivity contribution in [1.82, 2.24) is 4.98 Å². The molecule has 1 amide bonds. The first-order valence-electron chi connectivity index (χ1n) is 7.45. The molecule has 114 valence electrons. The number of hydrogen-bond donors (Lipinski definition) is 2. The molecule has 1 aromatic heterocycles. The average Bonchev–Trinajstić information content (AvgIpc) is 3.00. The van der Waals surface area contributed by atoms with Crippen molar-refractivity contribution in [2.24, 2.45) is 0 Å². The van der Waals surface area contributed by atoms with Gasteiger partial charge in [0.15, 0.2) is 0 Å². The van der Waals surface area contributed by atoms with Crippen molar-refractivity contribution in [2.45, 2.75) is 35.3 Å². The Morgan fingerprint density at radius 1 is 1.14 bits per heavy atom. The predicted octanol–water partition coefficient (Wildman–Crippen LogP) is 3.71. The van der Waals surface area contributed by atoms with Gasteiger partial charge >= 0.3 is 0 Å². The second-order valence-electron chi connectivity index (χ2n) is 5.54. The lowest BCUT2D eigenvalue weighted by Crippen LogP contribution is -2.37. The van der Waals surface area contributed by atoms with Crippen LogP contribution in [0, 0.1) is 0 Å². The first kappa shape index (κ1) is 14.9. The number of benzene rings is 1. The van der Waals surface area contributed by atoms with Crippen molar-refractivity contribution in [1.29, 1.82) is 0 Å². The molecule has 3 rings (SSSR count). The standard InChI is InChI=1S/C17H19N3OS/c18-15-9-8-13(12-19-15)20-16(21)17(10-4-5-11-17)22-14-6-2-1-3-7-14/h1-3,6-9,12H,4-5,10-11H2,(H2,18,19)(H,20,21). The van der Waals surface area contributed by atoms with E-state index >= 15 is 0 Å². The summed E-state index contributed by atoms with van der Waals surface area (Å²) in [6.07, 6.45) is 5.59. The number of pyridine rings is 1. The van der Waals surface area contributed by atoms with Crippen LogP contribution in [-0.2, 0) is 4.79 Å². The number of nitrogens with one attached hydrogen (secondary N) is 1. The number of aromatic nitrogens is 1. The van der Waals surface area contributed by atoms with Crippen molar-refractivity contribution < 1.29 is 4.79 Å². The van der Waals surface area contributed by atoms with E-state index in [1.165, 1.54) is 0 Å². The number of rotatable bonds is 4. The molecule has 0 saturated heterocycles. The van der Waals surface area contributed by atoms with E-state index < -0.39 is 0 Å². The van der Waals surface area contributed by atoms with E-state index in [0.29, 0.717) is 11.5 Å². The van der Waals surface area contributed by atoms with Gasteiger partial charge in [0.25, 0.3) is 0 Å². The van der Waals surface area contributed by atoms with Gasteiger partial charge in [-0.3, -0.25) is 4.79 Å². The van der Waals surface area contributed by atoms with Crippen molar-refractivity contribution in [3.05, 3.63) is 48.7 Å². The third-order valence-corrected chi connectivity index (χ3v) is 5.42. The number of amides is 1. The summed E-state index contributed by atoms with van der Waals surface area (Å²) in [5.41, 5.74) is 6.27. The van der Waals surface area contributed by atoms with Crippen molar-refractivity contribution in [3.8, 4) is 0 Å². The van der Waals surface area contributed by atoms with Gasteiger partial charge in [-0.25, -0.2) is 4.98 Å². The summed E-state index contributed by atoms with van der Waals surface area (Å²) in [7, 11) is 0. The largest absolute Gasteiger partial charge is 0.384 e. The molecule has 0 spiro atoms. The molecule has 2 aromatic rings. The van der Waals surface area contributed by atoms with Crippen LogP contribution in [0.15, 0.2) is 53.6 Å². The molecular formula is C17H19N3OS. The maximum Gasteiger partial charge on any atom is 0.241 e. The van der Waals surface area contributed by atoms with Crippen LogP contribution in [0.25, 0.3) is 0 Å². The summed E-state index contributed by atoms with van der Waals surface area (Å²) >= 11 is 1.67. The van der Waals surface area contributed by atoms with E-state index in [4.69, 9.17) is 5.73 Å². The molecule has 4 nitrogen and oxygen atoms in total. The van der Waals surface area contributed by atoms with E-state index in [1.54, 1.807) is 30.1 Å². The molecule has 5 heteroatoms. The fourth-order valence-electron chi connectivity index (χ4n) is 2.76. The molecule has 1 saturated carbocycles. The zero-order chi connectivity index (χ0) is 15.4. The van der Waals surface area contributed by atoms with Gasteiger partial charge < -0.3 is 11.1 Å². The van der Waals surface area contributed by atoms with Gasteiger partial charge in [-0.1, -0.05) is 31.0 Å². The predicted molar refractivity (Wildman–Crippen MR) is 90.8 cm³/mol. The third-order valence-electron chi connectivity index (χ3n) is 3.93. The van der Waals surface area contributed by atoms with Crippen LogP contribution >= 0.6 is 11.8 Å². The Labute approximate surface area is 134 Å². The molecule has 0 radical (unpaired) electrons. The Hall–Kier alpha value is -2.01. The fourth-order valence-corrected chi connectivity index (χ4v) is 4.14. The lowest BCUT2D eigenvalue weighted by Gasteiger charge is -2.27. The highest BCUT2D eigenvalue weighted by molar-refractivity contribution is 8.01. The van der Waals surface area contributed by atoms with Crippen molar-refractivity contribution in [3.63, 3.8) is 0 Å². The number of nitrogens with two attached hydrogens (primary N) is 1. The van der Waals surface area contributed by atoms with Gasteiger partial charge in [0.1, 0.15) is 5.82 Å². The fraction of sp³-hybridized carbons (Fsp3) is 0.294. The Kier molecular flexibility index (Phi) is 4.34. The molecule has 3 N–H and O–H groups in total. The van der Waals surface area contributed by atoms with E-state index in [0.717, 1.165) is 30.6 Å². The number of carbonyl (C=O) groups excluding carboxylic acids is 1. The number of hydrogen-bond acceptors (Lipinski definition) is 4. The molecule has 0 unspecified atom stereocenters. The Balaban J connectivity index is 1.78. The molecular weight excluding hydrogens is 294 g/mol. The summed E-state index contributed by atoms with van der Waals surface area (Å²) in [5, 5.41) is 2.99. The first-order chi connectivity index (χ1) is 10.7. The number of carbonyl (C=O) groups is 1. The summed E-state index contributed by atoms with van der Waals surface area (Å²) in [6.45, 7) is 0. The molecule has 1 aromatic carbocycles. The van der Waals surface area contributed by atoms with Gasteiger partial charge in [-0.2, -0.15) is 0 Å². The van der Waals surface area contributed by atoms with Gasteiger partial charge in [0, 0.05) is 4.90 Å². The Bertz CT molecular complexity index is 637. The minimum Gasteiger partial charge on any atom is -0.384 e. The van der Waals surface area contributed by atoms with Gasteiger partial charge in [0.2, 0.25) is 5.91 Å². The highest BCUT2D eigenvalue weighted by Gasteiger charge is 2.42. The third kappa shape index (κ3) is 3.25.